The Kier molecular flexibility index (Phi) is 4.34. The molecule has 2 aromatic heterocycles. The number of hydrogen-bond acceptors (Lipinski definition) is 5. The van der Waals surface area contributed by atoms with Crippen molar-refractivity contribution in [1.29, 1.82) is 10.5 Å². The minimum Gasteiger partial charge on any atom is -0.465 e. The number of carbonyl (C=O) groups excluding carboxylic acids is 1. The summed E-state index contributed by atoms with van der Waals surface area (Å²) in [6.07, 6.45) is 0.223. The number of ketones is 1. The van der Waals surface area contributed by atoms with E-state index in [9.17, 15) is 4.79 Å². The topological polar surface area (TPSA) is 77.8 Å². The van der Waals surface area contributed by atoms with Gasteiger partial charge in [0.1, 0.15) is 23.2 Å². The van der Waals surface area contributed by atoms with Crippen LogP contribution in [-0.4, -0.2) is 5.78 Å². The highest BCUT2D eigenvalue weighted by atomic mass is 32.1. The number of thiophene rings is 1. The van der Waals surface area contributed by atoms with Crippen LogP contribution in [0.25, 0.3) is 0 Å². The third-order valence-corrected chi connectivity index (χ3v) is 3.83. The molecule has 0 aromatic carbocycles. The Labute approximate surface area is 120 Å². The Morgan fingerprint density at radius 2 is 2.10 bits per heavy atom. The SMILES string of the molecule is CC(=O)Cc1ccc([C@H](c2cccs2)C(C#N)C#N)o1. The molecule has 0 N–H and O–H groups in total. The Morgan fingerprint density at radius 1 is 1.35 bits per heavy atom. The van der Waals surface area contributed by atoms with Gasteiger partial charge in [0.2, 0.25) is 0 Å². The highest BCUT2D eigenvalue weighted by Crippen LogP contribution is 2.35. The monoisotopic (exact) mass is 284 g/mol. The average Bonchev–Trinajstić information content (AvgIpc) is 3.06. The van der Waals surface area contributed by atoms with Gasteiger partial charge in [-0.2, -0.15) is 10.5 Å². The van der Waals surface area contributed by atoms with Crippen molar-refractivity contribution in [3.05, 3.63) is 46.0 Å². The maximum atomic E-state index is 11.1. The smallest absolute Gasteiger partial charge is 0.148 e. The number of furan rings is 1. The standard InChI is InChI=1S/C15H12N2O2S/c1-10(18)7-12-4-5-13(19-12)15(11(8-16)9-17)14-3-2-6-20-14/h2-6,11,15H,7H2,1H3/t15-/m1/s1. The van der Waals surface area contributed by atoms with Gasteiger partial charge in [-0.25, -0.2) is 0 Å². The van der Waals surface area contributed by atoms with Crippen molar-refractivity contribution in [3.8, 4) is 12.1 Å². The van der Waals surface area contributed by atoms with Gasteiger partial charge < -0.3 is 4.42 Å². The number of nitriles is 2. The van der Waals surface area contributed by atoms with Gasteiger partial charge in [0.15, 0.2) is 0 Å². The molecule has 2 aromatic rings. The van der Waals surface area contributed by atoms with Crippen LogP contribution in [0.4, 0.5) is 0 Å². The second kappa shape index (κ2) is 6.18. The van der Waals surface area contributed by atoms with Crippen LogP contribution >= 0.6 is 11.3 Å². The molecule has 2 rings (SSSR count). The maximum absolute atomic E-state index is 11.1. The van der Waals surface area contributed by atoms with E-state index in [1.165, 1.54) is 18.3 Å². The number of rotatable bonds is 5. The fraction of sp³-hybridized carbons (Fsp3) is 0.267. The first kappa shape index (κ1) is 14.0. The zero-order valence-electron chi connectivity index (χ0n) is 10.9. The van der Waals surface area contributed by atoms with Crippen molar-refractivity contribution in [2.75, 3.05) is 0 Å². The maximum Gasteiger partial charge on any atom is 0.148 e. The van der Waals surface area contributed by atoms with Crippen LogP contribution in [0.15, 0.2) is 34.1 Å². The first-order valence-corrected chi connectivity index (χ1v) is 6.94. The van der Waals surface area contributed by atoms with E-state index in [0.29, 0.717) is 11.5 Å². The molecule has 20 heavy (non-hydrogen) atoms. The number of Topliss-reactive ketones (excluding diaryl/α,β-unsaturated/α-hetero) is 1. The van der Waals surface area contributed by atoms with Gasteiger partial charge in [0.25, 0.3) is 0 Å². The molecule has 0 fully saturated rings. The van der Waals surface area contributed by atoms with E-state index in [-0.39, 0.29) is 12.2 Å². The Morgan fingerprint density at radius 3 is 2.65 bits per heavy atom. The van der Waals surface area contributed by atoms with Crippen molar-refractivity contribution in [2.24, 2.45) is 5.92 Å². The van der Waals surface area contributed by atoms with Crippen LogP contribution in [0.5, 0.6) is 0 Å². The third kappa shape index (κ3) is 2.96. The summed E-state index contributed by atoms with van der Waals surface area (Å²) in [4.78, 5) is 12.0. The van der Waals surface area contributed by atoms with Gasteiger partial charge in [0.05, 0.1) is 24.5 Å². The van der Waals surface area contributed by atoms with Crippen molar-refractivity contribution >= 4 is 17.1 Å². The molecule has 0 spiro atoms. The zero-order valence-corrected chi connectivity index (χ0v) is 11.7. The van der Waals surface area contributed by atoms with Gasteiger partial charge in [-0.1, -0.05) is 6.07 Å². The Bertz CT molecular complexity index is 660. The fourth-order valence-electron chi connectivity index (χ4n) is 2.02. The number of nitrogens with zero attached hydrogens (tertiary/aromatic N) is 2. The van der Waals surface area contributed by atoms with Crippen LogP contribution in [0.2, 0.25) is 0 Å². The fourth-order valence-corrected chi connectivity index (χ4v) is 2.89. The summed E-state index contributed by atoms with van der Waals surface area (Å²) in [5.41, 5.74) is 0. The first-order valence-electron chi connectivity index (χ1n) is 6.06. The van der Waals surface area contributed by atoms with E-state index in [4.69, 9.17) is 14.9 Å². The lowest BCUT2D eigenvalue weighted by atomic mass is 9.91. The van der Waals surface area contributed by atoms with E-state index in [1.807, 2.05) is 29.7 Å². The molecule has 0 radical (unpaired) electrons. The molecule has 5 heteroatoms. The minimum atomic E-state index is -0.815. The molecule has 0 aliphatic heterocycles. The summed E-state index contributed by atoms with van der Waals surface area (Å²) in [5.74, 6) is -0.105. The molecule has 0 unspecified atom stereocenters. The van der Waals surface area contributed by atoms with Crippen molar-refractivity contribution in [2.45, 2.75) is 19.3 Å². The summed E-state index contributed by atoms with van der Waals surface area (Å²) in [7, 11) is 0. The summed E-state index contributed by atoms with van der Waals surface area (Å²) in [6.45, 7) is 1.49. The number of hydrogen-bond donors (Lipinski definition) is 0. The van der Waals surface area contributed by atoms with Crippen LogP contribution in [-0.2, 0) is 11.2 Å². The van der Waals surface area contributed by atoms with Crippen LogP contribution in [0.1, 0.15) is 29.2 Å². The van der Waals surface area contributed by atoms with Crippen LogP contribution in [0.3, 0.4) is 0 Å². The van der Waals surface area contributed by atoms with Crippen LogP contribution < -0.4 is 0 Å². The molecule has 0 aliphatic carbocycles. The molecule has 1 atom stereocenters. The van der Waals surface area contributed by atoms with Gasteiger partial charge in [0, 0.05) is 4.88 Å². The largest absolute Gasteiger partial charge is 0.465 e. The highest BCUT2D eigenvalue weighted by molar-refractivity contribution is 7.10. The quantitative estimate of drug-likeness (QED) is 0.844. The predicted molar refractivity (Wildman–Crippen MR) is 74.0 cm³/mol. The van der Waals surface area contributed by atoms with E-state index >= 15 is 0 Å². The zero-order chi connectivity index (χ0) is 14.5. The first-order chi connectivity index (χ1) is 9.65. The molecular formula is C15H12N2O2S. The van der Waals surface area contributed by atoms with Crippen LogP contribution in [0, 0.1) is 28.6 Å². The van der Waals surface area contributed by atoms with Crippen molar-refractivity contribution in [1.82, 2.24) is 0 Å². The molecule has 0 saturated carbocycles. The minimum absolute atomic E-state index is 0.00990. The second-order valence-electron chi connectivity index (χ2n) is 4.41. The van der Waals surface area contributed by atoms with Gasteiger partial charge in [-0.15, -0.1) is 11.3 Å². The number of carbonyl (C=O) groups is 1. The van der Waals surface area contributed by atoms with E-state index in [2.05, 4.69) is 0 Å². The summed E-state index contributed by atoms with van der Waals surface area (Å²) >= 11 is 1.48. The molecule has 0 aliphatic rings. The van der Waals surface area contributed by atoms with Crippen molar-refractivity contribution < 1.29 is 9.21 Å². The lowest BCUT2D eigenvalue weighted by Gasteiger charge is -2.13. The summed E-state index contributed by atoms with van der Waals surface area (Å²) in [5, 5.41) is 20.2. The molecule has 0 saturated heterocycles. The molecule has 0 bridgehead atoms. The molecule has 0 amide bonds. The molecule has 100 valence electrons. The third-order valence-electron chi connectivity index (χ3n) is 2.87. The molecule has 4 nitrogen and oxygen atoms in total. The normalized spacial score (nSPS) is 11.8. The summed E-state index contributed by atoms with van der Waals surface area (Å²) in [6, 6.07) is 11.2. The molecular weight excluding hydrogens is 272 g/mol. The highest BCUT2D eigenvalue weighted by Gasteiger charge is 2.28. The van der Waals surface area contributed by atoms with Crippen molar-refractivity contribution in [3.63, 3.8) is 0 Å². The van der Waals surface area contributed by atoms with Gasteiger partial charge in [-0.3, -0.25) is 4.79 Å². The lowest BCUT2D eigenvalue weighted by Crippen LogP contribution is -2.09. The van der Waals surface area contributed by atoms with E-state index in [1.54, 1.807) is 12.1 Å². The Balaban J connectivity index is 2.37. The lowest BCUT2D eigenvalue weighted by molar-refractivity contribution is -0.116. The predicted octanol–water partition coefficient (Wildman–Crippen LogP) is 3.27. The molecule has 2 heterocycles. The van der Waals surface area contributed by atoms with Gasteiger partial charge >= 0.3 is 0 Å². The summed E-state index contributed by atoms with van der Waals surface area (Å²) < 4.78 is 5.65. The van der Waals surface area contributed by atoms with Gasteiger partial charge in [-0.05, 0) is 30.5 Å². The Hall–Kier alpha value is -2.37. The second-order valence-corrected chi connectivity index (χ2v) is 5.39. The van der Waals surface area contributed by atoms with E-state index < -0.39 is 11.8 Å². The van der Waals surface area contributed by atoms with E-state index in [0.717, 1.165) is 4.88 Å². The average molecular weight is 284 g/mol.